The molecule has 0 fully saturated rings. The predicted octanol–water partition coefficient (Wildman–Crippen LogP) is 1.92. The number of rotatable bonds is 4. The molecule has 4 heteroatoms. The number of aliphatic hydroxyl groups excluding tert-OH is 1. The molecule has 0 heterocycles. The van der Waals surface area contributed by atoms with Crippen LogP contribution in [0.25, 0.3) is 0 Å². The van der Waals surface area contributed by atoms with E-state index in [0.717, 1.165) is 12.0 Å². The normalized spacial score (nSPS) is 13.8. The summed E-state index contributed by atoms with van der Waals surface area (Å²) in [7, 11) is -3.14. The van der Waals surface area contributed by atoms with Crippen LogP contribution in [-0.2, 0) is 9.84 Å². The number of hydrogen-bond donors (Lipinski definition) is 1. The molecule has 0 aliphatic rings. The minimum absolute atomic E-state index is 0.287. The highest BCUT2D eigenvalue weighted by molar-refractivity contribution is 7.90. The summed E-state index contributed by atoms with van der Waals surface area (Å²) in [6.07, 6.45) is 2.26. The van der Waals surface area contributed by atoms with Crippen LogP contribution in [0.4, 0.5) is 0 Å². The Bertz CT molecular complexity index is 406. The summed E-state index contributed by atoms with van der Waals surface area (Å²) in [6.45, 7) is 1.99. The van der Waals surface area contributed by atoms with Gasteiger partial charge in [-0.2, -0.15) is 0 Å². The first kappa shape index (κ1) is 12.2. The topological polar surface area (TPSA) is 54.4 Å². The first-order valence-corrected chi connectivity index (χ1v) is 6.82. The number of sulfone groups is 1. The standard InChI is InChI=1S/C11H16O3S/c1-3-4-11(12)9-5-7-10(8-6-9)15(2,13)14/h5-8,11-12H,3-4H2,1-2H3. The molecular weight excluding hydrogens is 212 g/mol. The molecule has 3 nitrogen and oxygen atoms in total. The fourth-order valence-electron chi connectivity index (χ4n) is 1.38. The van der Waals surface area contributed by atoms with Gasteiger partial charge in [0.2, 0.25) is 0 Å². The highest BCUT2D eigenvalue weighted by Gasteiger charge is 2.09. The van der Waals surface area contributed by atoms with Crippen LogP contribution in [0.1, 0.15) is 31.4 Å². The van der Waals surface area contributed by atoms with Gasteiger partial charge < -0.3 is 5.11 Å². The van der Waals surface area contributed by atoms with Gasteiger partial charge in [0.05, 0.1) is 11.0 Å². The quantitative estimate of drug-likeness (QED) is 0.856. The second kappa shape index (κ2) is 4.77. The van der Waals surface area contributed by atoms with Gasteiger partial charge in [0.25, 0.3) is 0 Å². The van der Waals surface area contributed by atoms with Crippen LogP contribution in [-0.4, -0.2) is 19.8 Å². The average Bonchev–Trinajstić information content (AvgIpc) is 2.17. The molecule has 1 unspecified atom stereocenters. The van der Waals surface area contributed by atoms with Gasteiger partial charge >= 0.3 is 0 Å². The van der Waals surface area contributed by atoms with Crippen LogP contribution >= 0.6 is 0 Å². The molecule has 1 aromatic rings. The van der Waals surface area contributed by atoms with Crippen LogP contribution in [0, 0.1) is 0 Å². The lowest BCUT2D eigenvalue weighted by Gasteiger charge is -2.09. The lowest BCUT2D eigenvalue weighted by molar-refractivity contribution is 0.166. The van der Waals surface area contributed by atoms with Gasteiger partial charge in [-0.05, 0) is 24.1 Å². The second-order valence-corrected chi connectivity index (χ2v) is 5.66. The molecule has 84 valence electrons. The lowest BCUT2D eigenvalue weighted by Crippen LogP contribution is -2.00. The summed E-state index contributed by atoms with van der Waals surface area (Å²) in [5.74, 6) is 0. The molecule has 1 aromatic carbocycles. The molecule has 0 saturated carbocycles. The van der Waals surface area contributed by atoms with Crippen LogP contribution in [0.3, 0.4) is 0 Å². The van der Waals surface area contributed by atoms with E-state index in [0.29, 0.717) is 6.42 Å². The highest BCUT2D eigenvalue weighted by Crippen LogP contribution is 2.19. The van der Waals surface area contributed by atoms with E-state index in [2.05, 4.69) is 0 Å². The summed E-state index contributed by atoms with van der Waals surface area (Å²) in [5, 5.41) is 9.66. The average molecular weight is 228 g/mol. The minimum atomic E-state index is -3.14. The van der Waals surface area contributed by atoms with Gasteiger partial charge in [0.15, 0.2) is 9.84 Å². The zero-order valence-electron chi connectivity index (χ0n) is 8.97. The monoisotopic (exact) mass is 228 g/mol. The van der Waals surface area contributed by atoms with Crippen LogP contribution < -0.4 is 0 Å². The van der Waals surface area contributed by atoms with Crippen molar-refractivity contribution < 1.29 is 13.5 Å². The highest BCUT2D eigenvalue weighted by atomic mass is 32.2. The SMILES string of the molecule is CCCC(O)c1ccc(S(C)(=O)=O)cc1. The molecule has 0 amide bonds. The van der Waals surface area contributed by atoms with E-state index in [9.17, 15) is 13.5 Å². The van der Waals surface area contributed by atoms with Crippen molar-refractivity contribution in [3.8, 4) is 0 Å². The van der Waals surface area contributed by atoms with Gasteiger partial charge in [-0.25, -0.2) is 8.42 Å². The van der Waals surface area contributed by atoms with E-state index < -0.39 is 15.9 Å². The van der Waals surface area contributed by atoms with Crippen molar-refractivity contribution in [1.29, 1.82) is 0 Å². The van der Waals surface area contributed by atoms with Crippen molar-refractivity contribution in [1.82, 2.24) is 0 Å². The van der Waals surface area contributed by atoms with E-state index in [1.54, 1.807) is 12.1 Å². The summed E-state index contributed by atoms with van der Waals surface area (Å²) in [5.41, 5.74) is 0.768. The summed E-state index contributed by atoms with van der Waals surface area (Å²) in [6, 6.07) is 6.39. The third-order valence-corrected chi connectivity index (χ3v) is 3.38. The Morgan fingerprint density at radius 3 is 2.20 bits per heavy atom. The second-order valence-electron chi connectivity index (χ2n) is 3.65. The van der Waals surface area contributed by atoms with E-state index in [1.165, 1.54) is 18.4 Å². The zero-order chi connectivity index (χ0) is 11.5. The molecule has 0 aliphatic carbocycles. The summed E-state index contributed by atoms with van der Waals surface area (Å²) < 4.78 is 22.4. The lowest BCUT2D eigenvalue weighted by atomic mass is 10.1. The molecule has 0 aliphatic heterocycles. The molecule has 0 bridgehead atoms. The van der Waals surface area contributed by atoms with Gasteiger partial charge in [-0.3, -0.25) is 0 Å². The predicted molar refractivity (Wildman–Crippen MR) is 59.4 cm³/mol. The molecule has 1 rings (SSSR count). The molecule has 1 atom stereocenters. The van der Waals surface area contributed by atoms with E-state index >= 15 is 0 Å². The Balaban J connectivity index is 2.90. The maximum Gasteiger partial charge on any atom is 0.175 e. The fourth-order valence-corrected chi connectivity index (χ4v) is 2.01. The number of hydrogen-bond acceptors (Lipinski definition) is 3. The molecule has 1 N–H and O–H groups in total. The Hall–Kier alpha value is -0.870. The molecule has 0 spiro atoms. The molecule has 15 heavy (non-hydrogen) atoms. The summed E-state index contributed by atoms with van der Waals surface area (Å²) in [4.78, 5) is 0.287. The maximum atomic E-state index is 11.2. The van der Waals surface area contributed by atoms with E-state index in [-0.39, 0.29) is 4.90 Å². The van der Waals surface area contributed by atoms with E-state index in [4.69, 9.17) is 0 Å². The molecule has 0 aromatic heterocycles. The third kappa shape index (κ3) is 3.32. The van der Waals surface area contributed by atoms with Gasteiger partial charge in [0, 0.05) is 6.26 Å². The van der Waals surface area contributed by atoms with E-state index in [1.807, 2.05) is 6.92 Å². The van der Waals surface area contributed by atoms with Crippen molar-refractivity contribution in [3.63, 3.8) is 0 Å². The van der Waals surface area contributed by atoms with Crippen molar-refractivity contribution in [2.75, 3.05) is 6.26 Å². The first-order chi connectivity index (χ1) is 6.95. The minimum Gasteiger partial charge on any atom is -0.388 e. The number of benzene rings is 1. The zero-order valence-corrected chi connectivity index (χ0v) is 9.79. The Morgan fingerprint density at radius 2 is 1.80 bits per heavy atom. The van der Waals surface area contributed by atoms with Crippen LogP contribution in [0.5, 0.6) is 0 Å². The van der Waals surface area contributed by atoms with Crippen molar-refractivity contribution in [3.05, 3.63) is 29.8 Å². The molecular formula is C11H16O3S. The molecule has 0 radical (unpaired) electrons. The van der Waals surface area contributed by atoms with Crippen LogP contribution in [0.15, 0.2) is 29.2 Å². The Kier molecular flexibility index (Phi) is 3.88. The maximum absolute atomic E-state index is 11.2. The van der Waals surface area contributed by atoms with Crippen molar-refractivity contribution >= 4 is 9.84 Å². The Labute approximate surface area is 90.7 Å². The Morgan fingerprint density at radius 1 is 1.27 bits per heavy atom. The largest absolute Gasteiger partial charge is 0.388 e. The first-order valence-electron chi connectivity index (χ1n) is 4.93. The van der Waals surface area contributed by atoms with Crippen LogP contribution in [0.2, 0.25) is 0 Å². The van der Waals surface area contributed by atoms with Gasteiger partial charge in [-0.1, -0.05) is 25.5 Å². The van der Waals surface area contributed by atoms with Gasteiger partial charge in [0.1, 0.15) is 0 Å². The van der Waals surface area contributed by atoms with Crippen molar-refractivity contribution in [2.45, 2.75) is 30.8 Å². The van der Waals surface area contributed by atoms with Crippen molar-refractivity contribution in [2.24, 2.45) is 0 Å². The molecule has 0 saturated heterocycles. The fraction of sp³-hybridized carbons (Fsp3) is 0.455. The van der Waals surface area contributed by atoms with Gasteiger partial charge in [-0.15, -0.1) is 0 Å². The third-order valence-electron chi connectivity index (χ3n) is 2.26. The smallest absolute Gasteiger partial charge is 0.175 e. The number of aliphatic hydroxyl groups is 1. The summed E-state index contributed by atoms with van der Waals surface area (Å²) >= 11 is 0.